The van der Waals surface area contributed by atoms with Gasteiger partial charge in [0.25, 0.3) is 11.6 Å². The van der Waals surface area contributed by atoms with Crippen molar-refractivity contribution in [3.05, 3.63) is 38.9 Å². The summed E-state index contributed by atoms with van der Waals surface area (Å²) < 4.78 is 4.71. The van der Waals surface area contributed by atoms with Crippen LogP contribution in [0.2, 0.25) is 5.02 Å². The number of piperidine rings is 1. The van der Waals surface area contributed by atoms with E-state index in [9.17, 15) is 19.7 Å². The Balaban J connectivity index is 2.22. The Morgan fingerprint density at radius 1 is 1.45 bits per heavy atom. The standard InChI is InChI=1S/C14H15ClN2O5/c1-22-14(19)9-3-2-6-16(8-9)13(18)11-7-10(17(20)21)4-5-12(11)15/h4-5,7,9H,2-3,6,8H2,1H3. The first-order valence-corrected chi connectivity index (χ1v) is 7.13. The lowest BCUT2D eigenvalue weighted by atomic mass is 9.97. The van der Waals surface area contributed by atoms with Gasteiger partial charge in [0, 0.05) is 25.2 Å². The fourth-order valence-electron chi connectivity index (χ4n) is 2.48. The van der Waals surface area contributed by atoms with Gasteiger partial charge in [-0.15, -0.1) is 0 Å². The summed E-state index contributed by atoms with van der Waals surface area (Å²) in [6, 6.07) is 3.73. The quantitative estimate of drug-likeness (QED) is 0.483. The van der Waals surface area contributed by atoms with E-state index >= 15 is 0 Å². The predicted octanol–water partition coefficient (Wildman–Crippen LogP) is 2.27. The molecule has 0 N–H and O–H groups in total. The number of non-ortho nitro benzene ring substituents is 1. The summed E-state index contributed by atoms with van der Waals surface area (Å²) in [7, 11) is 1.31. The zero-order valence-electron chi connectivity index (χ0n) is 12.0. The maximum absolute atomic E-state index is 12.5. The number of esters is 1. The molecule has 1 fully saturated rings. The molecule has 2 rings (SSSR count). The number of carbonyl (C=O) groups is 2. The highest BCUT2D eigenvalue weighted by molar-refractivity contribution is 6.33. The van der Waals surface area contributed by atoms with Crippen molar-refractivity contribution in [2.75, 3.05) is 20.2 Å². The molecule has 1 aromatic carbocycles. The molecule has 0 radical (unpaired) electrons. The molecule has 0 saturated carbocycles. The van der Waals surface area contributed by atoms with Gasteiger partial charge in [-0.05, 0) is 18.9 Å². The van der Waals surface area contributed by atoms with Crippen LogP contribution in [0.25, 0.3) is 0 Å². The third kappa shape index (κ3) is 3.36. The highest BCUT2D eigenvalue weighted by Gasteiger charge is 2.30. The van der Waals surface area contributed by atoms with E-state index in [0.717, 1.165) is 6.07 Å². The second-order valence-corrected chi connectivity index (χ2v) is 5.44. The molecule has 1 heterocycles. The molecule has 0 aliphatic carbocycles. The first kappa shape index (κ1) is 16.2. The van der Waals surface area contributed by atoms with Crippen LogP contribution in [-0.2, 0) is 9.53 Å². The Bertz CT molecular complexity index is 619. The van der Waals surface area contributed by atoms with Crippen molar-refractivity contribution < 1.29 is 19.2 Å². The van der Waals surface area contributed by atoms with Gasteiger partial charge in [-0.1, -0.05) is 11.6 Å². The minimum Gasteiger partial charge on any atom is -0.469 e. The van der Waals surface area contributed by atoms with Crippen molar-refractivity contribution in [1.29, 1.82) is 0 Å². The Hall–Kier alpha value is -2.15. The van der Waals surface area contributed by atoms with E-state index in [-0.39, 0.29) is 34.7 Å². The molecule has 8 heteroatoms. The Morgan fingerprint density at radius 3 is 2.82 bits per heavy atom. The van der Waals surface area contributed by atoms with Gasteiger partial charge in [0.15, 0.2) is 0 Å². The molecule has 0 aromatic heterocycles. The second-order valence-electron chi connectivity index (χ2n) is 5.03. The number of nitrogens with zero attached hydrogens (tertiary/aromatic N) is 2. The monoisotopic (exact) mass is 326 g/mol. The molecule has 1 saturated heterocycles. The van der Waals surface area contributed by atoms with Gasteiger partial charge in [0.05, 0.1) is 28.5 Å². The molecule has 1 amide bonds. The Kier molecular flexibility index (Phi) is 4.97. The highest BCUT2D eigenvalue weighted by Crippen LogP contribution is 2.26. The first-order chi connectivity index (χ1) is 10.4. The van der Waals surface area contributed by atoms with Gasteiger partial charge in [-0.3, -0.25) is 19.7 Å². The number of likely N-dealkylation sites (tertiary alicyclic amines) is 1. The normalized spacial score (nSPS) is 17.9. The van der Waals surface area contributed by atoms with Gasteiger partial charge < -0.3 is 9.64 Å². The van der Waals surface area contributed by atoms with Crippen LogP contribution in [-0.4, -0.2) is 41.9 Å². The third-order valence-corrected chi connectivity index (χ3v) is 3.96. The zero-order valence-corrected chi connectivity index (χ0v) is 12.7. The van der Waals surface area contributed by atoms with Gasteiger partial charge in [-0.2, -0.15) is 0 Å². The number of halogens is 1. The van der Waals surface area contributed by atoms with E-state index in [4.69, 9.17) is 16.3 Å². The number of methoxy groups -OCH3 is 1. The van der Waals surface area contributed by atoms with Crippen LogP contribution in [0.4, 0.5) is 5.69 Å². The molecule has 1 aliphatic rings. The molecule has 0 bridgehead atoms. The van der Waals surface area contributed by atoms with Crippen LogP contribution in [0.3, 0.4) is 0 Å². The molecular formula is C14H15ClN2O5. The molecule has 22 heavy (non-hydrogen) atoms. The molecule has 118 valence electrons. The fraction of sp³-hybridized carbons (Fsp3) is 0.429. The molecule has 1 atom stereocenters. The van der Waals surface area contributed by atoms with E-state index in [1.165, 1.54) is 24.1 Å². The SMILES string of the molecule is COC(=O)C1CCCN(C(=O)c2cc([N+](=O)[O-])ccc2Cl)C1. The minimum atomic E-state index is -0.583. The fourth-order valence-corrected chi connectivity index (χ4v) is 2.68. The number of benzene rings is 1. The summed E-state index contributed by atoms with van der Waals surface area (Å²) in [4.78, 5) is 35.8. The van der Waals surface area contributed by atoms with E-state index in [0.29, 0.717) is 19.4 Å². The van der Waals surface area contributed by atoms with Crippen molar-refractivity contribution in [3.8, 4) is 0 Å². The summed E-state index contributed by atoms with van der Waals surface area (Å²) in [5.41, 5.74) is -0.129. The van der Waals surface area contributed by atoms with Crippen LogP contribution in [0.5, 0.6) is 0 Å². The average Bonchev–Trinajstić information content (AvgIpc) is 2.53. The molecule has 7 nitrogen and oxygen atoms in total. The minimum absolute atomic E-state index is 0.0707. The van der Waals surface area contributed by atoms with Crippen molar-refractivity contribution in [3.63, 3.8) is 0 Å². The highest BCUT2D eigenvalue weighted by atomic mass is 35.5. The summed E-state index contributed by atoms with van der Waals surface area (Å²) in [5.74, 6) is -1.15. The lowest BCUT2D eigenvalue weighted by Gasteiger charge is -2.31. The lowest BCUT2D eigenvalue weighted by Crippen LogP contribution is -2.42. The van der Waals surface area contributed by atoms with Gasteiger partial charge >= 0.3 is 5.97 Å². The van der Waals surface area contributed by atoms with Gasteiger partial charge in [0.2, 0.25) is 0 Å². The molecule has 1 aliphatic heterocycles. The van der Waals surface area contributed by atoms with E-state index in [1.54, 1.807) is 0 Å². The van der Waals surface area contributed by atoms with E-state index in [1.807, 2.05) is 0 Å². The van der Waals surface area contributed by atoms with Crippen LogP contribution in [0.15, 0.2) is 18.2 Å². The molecular weight excluding hydrogens is 312 g/mol. The zero-order chi connectivity index (χ0) is 16.3. The van der Waals surface area contributed by atoms with Crippen molar-refractivity contribution in [2.24, 2.45) is 5.92 Å². The Labute approximate surface area is 131 Å². The molecule has 1 aromatic rings. The number of amides is 1. The van der Waals surface area contributed by atoms with E-state index in [2.05, 4.69) is 0 Å². The van der Waals surface area contributed by atoms with E-state index < -0.39 is 10.8 Å². The van der Waals surface area contributed by atoms with Crippen molar-refractivity contribution >= 4 is 29.2 Å². The van der Waals surface area contributed by atoms with Crippen molar-refractivity contribution in [2.45, 2.75) is 12.8 Å². The predicted molar refractivity (Wildman–Crippen MR) is 78.7 cm³/mol. The largest absolute Gasteiger partial charge is 0.469 e. The number of hydrogen-bond acceptors (Lipinski definition) is 5. The number of ether oxygens (including phenoxy) is 1. The summed E-state index contributed by atoms with van der Waals surface area (Å²) in [5, 5.41) is 11.0. The number of rotatable bonds is 3. The summed E-state index contributed by atoms with van der Waals surface area (Å²) in [6.45, 7) is 0.704. The van der Waals surface area contributed by atoms with Crippen LogP contribution in [0.1, 0.15) is 23.2 Å². The van der Waals surface area contributed by atoms with Gasteiger partial charge in [-0.25, -0.2) is 0 Å². The van der Waals surface area contributed by atoms with Crippen LogP contribution in [0, 0.1) is 16.0 Å². The van der Waals surface area contributed by atoms with Crippen LogP contribution >= 0.6 is 11.6 Å². The summed E-state index contributed by atoms with van der Waals surface area (Å²) >= 11 is 5.98. The molecule has 1 unspecified atom stereocenters. The second kappa shape index (κ2) is 6.74. The average molecular weight is 327 g/mol. The smallest absolute Gasteiger partial charge is 0.310 e. The number of hydrogen-bond donors (Lipinski definition) is 0. The third-order valence-electron chi connectivity index (χ3n) is 3.63. The maximum atomic E-state index is 12.5. The first-order valence-electron chi connectivity index (χ1n) is 6.75. The van der Waals surface area contributed by atoms with Crippen LogP contribution < -0.4 is 0 Å². The maximum Gasteiger partial charge on any atom is 0.310 e. The van der Waals surface area contributed by atoms with Crippen molar-refractivity contribution in [1.82, 2.24) is 4.90 Å². The molecule has 0 spiro atoms. The summed E-state index contributed by atoms with van der Waals surface area (Å²) in [6.07, 6.45) is 1.32. The Morgan fingerprint density at radius 2 is 2.18 bits per heavy atom. The topological polar surface area (TPSA) is 89.8 Å². The van der Waals surface area contributed by atoms with Gasteiger partial charge in [0.1, 0.15) is 0 Å². The number of nitro groups is 1. The number of nitro benzene ring substituents is 1. The number of carbonyl (C=O) groups excluding carboxylic acids is 2. The lowest BCUT2D eigenvalue weighted by molar-refractivity contribution is -0.384.